The van der Waals surface area contributed by atoms with E-state index in [4.69, 9.17) is 10.5 Å². The minimum atomic E-state index is -0.0594. The second kappa shape index (κ2) is 6.41. The molecule has 0 radical (unpaired) electrons. The molecule has 5 heteroatoms. The zero-order valence-corrected chi connectivity index (χ0v) is 8.46. The van der Waals surface area contributed by atoms with E-state index in [1.54, 1.807) is 12.1 Å². The Morgan fingerprint density at radius 3 is 1.89 bits per heavy atom. The minimum Gasteiger partial charge on any atom is -0.767 e. The fraction of sp³-hybridized carbons (Fsp3) is 0. The summed E-state index contributed by atoms with van der Waals surface area (Å²) in [6.07, 6.45) is 0. The second-order valence-electron chi connectivity index (χ2n) is 0.901. The Balaban J connectivity index is 0. The molecule has 0 aliphatic carbocycles. The normalized spacial score (nSPS) is 9.67. The third kappa shape index (κ3) is 4.77. The van der Waals surface area contributed by atoms with E-state index in [0.717, 1.165) is 0 Å². The first-order valence-corrected chi connectivity index (χ1v) is 2.48. The van der Waals surface area contributed by atoms with Gasteiger partial charge in [-0.1, -0.05) is 4.91 Å². The first-order chi connectivity index (χ1) is 3.72. The molecule has 0 unspecified atom stereocenters. The van der Waals surface area contributed by atoms with Crippen molar-refractivity contribution in [3.8, 4) is 12.1 Å². The Bertz CT molecular complexity index is 176. The molecule has 0 aromatic rings. The molecule has 0 rings (SSSR count). The fourth-order valence-corrected chi connectivity index (χ4v) is 0.199. The van der Waals surface area contributed by atoms with Crippen LogP contribution in [0.3, 0.4) is 0 Å². The third-order valence-electron chi connectivity index (χ3n) is 0.423. The quantitative estimate of drug-likeness (QED) is 0.190. The van der Waals surface area contributed by atoms with Gasteiger partial charge >= 0.3 is 29.6 Å². The van der Waals surface area contributed by atoms with Gasteiger partial charge in [-0.05, 0) is 0 Å². The van der Waals surface area contributed by atoms with E-state index in [9.17, 15) is 0 Å². The van der Waals surface area contributed by atoms with Crippen LogP contribution in [-0.2, 0) is 12.6 Å². The van der Waals surface area contributed by atoms with Crippen LogP contribution in [0.2, 0.25) is 0 Å². The summed E-state index contributed by atoms with van der Waals surface area (Å²) in [7, 11) is 0. The Hall–Kier alpha value is 0.290. The number of nitrogens with zero attached hydrogens (tertiary/aromatic N) is 2. The van der Waals surface area contributed by atoms with Crippen LogP contribution in [0.4, 0.5) is 0 Å². The molecule has 0 saturated carbocycles. The molecule has 0 bridgehead atoms. The number of rotatable bonds is 0. The SMILES string of the molecule is N#C/C([S-])=C(/S)C#N.[Na+]. The van der Waals surface area contributed by atoms with Gasteiger partial charge in [0, 0.05) is 0 Å². The Kier molecular flexibility index (Phi) is 8.56. The Labute approximate surface area is 86.7 Å². The molecule has 0 aromatic heterocycles. The van der Waals surface area contributed by atoms with Crippen molar-refractivity contribution >= 4 is 25.3 Å². The Morgan fingerprint density at radius 1 is 1.33 bits per heavy atom. The van der Waals surface area contributed by atoms with Gasteiger partial charge < -0.3 is 12.6 Å². The molecule has 0 saturated heterocycles. The molecule has 0 N–H and O–H groups in total. The number of nitriles is 2. The maximum atomic E-state index is 8.03. The van der Waals surface area contributed by atoms with Crippen molar-refractivity contribution < 1.29 is 29.6 Å². The van der Waals surface area contributed by atoms with Crippen molar-refractivity contribution in [2.75, 3.05) is 0 Å². The number of thiol groups is 1. The summed E-state index contributed by atoms with van der Waals surface area (Å²) in [6, 6.07) is 3.24. The maximum Gasteiger partial charge on any atom is 1.00 e. The summed E-state index contributed by atoms with van der Waals surface area (Å²) in [4.78, 5) is -0.0571. The van der Waals surface area contributed by atoms with E-state index >= 15 is 0 Å². The van der Waals surface area contributed by atoms with E-state index in [0.29, 0.717) is 0 Å². The predicted octanol–water partition coefficient (Wildman–Crippen LogP) is -2.27. The smallest absolute Gasteiger partial charge is 0.767 e. The van der Waals surface area contributed by atoms with Crippen molar-refractivity contribution in [3.05, 3.63) is 9.81 Å². The second-order valence-corrected chi connectivity index (χ2v) is 1.76. The molecule has 2 nitrogen and oxygen atoms in total. The van der Waals surface area contributed by atoms with Gasteiger partial charge in [0.15, 0.2) is 0 Å². The van der Waals surface area contributed by atoms with Gasteiger partial charge in [0.1, 0.15) is 6.07 Å². The summed E-state index contributed by atoms with van der Waals surface area (Å²) < 4.78 is 0. The summed E-state index contributed by atoms with van der Waals surface area (Å²) in [5.74, 6) is 0. The molecule has 9 heavy (non-hydrogen) atoms. The summed E-state index contributed by atoms with van der Waals surface area (Å²) >= 11 is 7.98. The average molecular weight is 164 g/mol. The van der Waals surface area contributed by atoms with Gasteiger partial charge in [-0.25, -0.2) is 0 Å². The van der Waals surface area contributed by atoms with E-state index in [-0.39, 0.29) is 39.4 Å². The third-order valence-corrected chi connectivity index (χ3v) is 1.19. The Morgan fingerprint density at radius 2 is 1.78 bits per heavy atom. The van der Waals surface area contributed by atoms with Gasteiger partial charge in [0.05, 0.1) is 11.0 Å². The molecule has 40 valence electrons. The van der Waals surface area contributed by atoms with Gasteiger partial charge in [-0.15, -0.1) is 12.6 Å². The van der Waals surface area contributed by atoms with E-state index in [1.165, 1.54) is 0 Å². The van der Waals surface area contributed by atoms with Crippen LogP contribution in [-0.4, -0.2) is 0 Å². The molecule has 0 aromatic carbocycles. The largest absolute Gasteiger partial charge is 1.00 e. The standard InChI is InChI=1S/C4H2N2S2.Na/c5-1-3(7)4(8)2-6;/h7-8H;/q;+1/p-1/b4-3-;. The van der Waals surface area contributed by atoms with Crippen LogP contribution in [0.5, 0.6) is 0 Å². The molecular weight excluding hydrogens is 163 g/mol. The van der Waals surface area contributed by atoms with Gasteiger partial charge in [0.25, 0.3) is 0 Å². The van der Waals surface area contributed by atoms with Crippen LogP contribution >= 0.6 is 12.6 Å². The summed E-state index contributed by atoms with van der Waals surface area (Å²) in [6.45, 7) is 0. The molecular formula is C4HN2NaS2. The average Bonchev–Trinajstić information content (AvgIpc) is 1.84. The zero-order valence-electron chi connectivity index (χ0n) is 4.75. The van der Waals surface area contributed by atoms with Crippen LogP contribution in [0.1, 0.15) is 0 Å². The minimum absolute atomic E-state index is 0. The molecule has 0 atom stereocenters. The van der Waals surface area contributed by atoms with Gasteiger partial charge in [-0.2, -0.15) is 10.5 Å². The topological polar surface area (TPSA) is 47.6 Å². The van der Waals surface area contributed by atoms with Crippen molar-refractivity contribution in [1.82, 2.24) is 0 Å². The monoisotopic (exact) mass is 164 g/mol. The van der Waals surface area contributed by atoms with E-state index in [2.05, 4.69) is 25.3 Å². The summed E-state index contributed by atoms with van der Waals surface area (Å²) in [5, 5.41) is 16.1. The van der Waals surface area contributed by atoms with Crippen LogP contribution in [0, 0.1) is 22.7 Å². The van der Waals surface area contributed by atoms with Crippen molar-refractivity contribution in [3.63, 3.8) is 0 Å². The molecule has 0 aliphatic heterocycles. The summed E-state index contributed by atoms with van der Waals surface area (Å²) in [5.41, 5.74) is 0. The van der Waals surface area contributed by atoms with Crippen LogP contribution < -0.4 is 29.6 Å². The maximum absolute atomic E-state index is 8.03. The number of allylic oxidation sites excluding steroid dienone is 2. The zero-order chi connectivity index (χ0) is 6.57. The fourth-order valence-electron chi connectivity index (χ4n) is 0.104. The molecule has 0 aliphatic rings. The molecule has 0 spiro atoms. The van der Waals surface area contributed by atoms with Crippen molar-refractivity contribution in [2.24, 2.45) is 0 Å². The predicted molar refractivity (Wildman–Crippen MR) is 34.6 cm³/mol. The van der Waals surface area contributed by atoms with Gasteiger partial charge in [-0.3, -0.25) is 0 Å². The first kappa shape index (κ1) is 12.0. The number of hydrogen-bond donors (Lipinski definition) is 1. The van der Waals surface area contributed by atoms with Gasteiger partial charge in [0.2, 0.25) is 0 Å². The van der Waals surface area contributed by atoms with E-state index in [1.807, 2.05) is 0 Å². The molecule has 0 fully saturated rings. The van der Waals surface area contributed by atoms with Crippen molar-refractivity contribution in [1.29, 1.82) is 10.5 Å². The van der Waals surface area contributed by atoms with Crippen molar-refractivity contribution in [2.45, 2.75) is 0 Å². The van der Waals surface area contributed by atoms with Crippen LogP contribution in [0.25, 0.3) is 0 Å². The van der Waals surface area contributed by atoms with Crippen LogP contribution in [0.15, 0.2) is 9.81 Å². The number of hydrogen-bond acceptors (Lipinski definition) is 4. The molecule has 0 amide bonds. The first-order valence-electron chi connectivity index (χ1n) is 1.62. The molecule has 0 heterocycles. The van der Waals surface area contributed by atoms with E-state index < -0.39 is 0 Å².